The van der Waals surface area contributed by atoms with Gasteiger partial charge in [0.2, 0.25) is 0 Å². The summed E-state index contributed by atoms with van der Waals surface area (Å²) < 4.78 is 1.94. The topological polar surface area (TPSA) is 75.1 Å². The SMILES string of the molecule is O=c1[nH]c2cccccc-2c1C1=NCC=CC(n2ccnc2)=CCN1. The Bertz CT molecular complexity index is 995. The lowest BCUT2D eigenvalue weighted by Gasteiger charge is -2.07. The van der Waals surface area contributed by atoms with Gasteiger partial charge in [0.25, 0.3) is 5.56 Å². The Morgan fingerprint density at radius 3 is 2.96 bits per heavy atom. The average Bonchev–Trinajstić information content (AvgIpc) is 3.20. The fourth-order valence-electron chi connectivity index (χ4n) is 2.88. The quantitative estimate of drug-likeness (QED) is 0.755. The number of nitrogens with one attached hydrogen (secondary N) is 2. The summed E-state index contributed by atoms with van der Waals surface area (Å²) in [5.41, 5.74) is 3.13. The van der Waals surface area contributed by atoms with Crippen molar-refractivity contribution < 1.29 is 0 Å². The molecule has 2 N–H and O–H groups in total. The molecule has 25 heavy (non-hydrogen) atoms. The first-order chi connectivity index (χ1) is 12.3. The predicted octanol–water partition coefficient (Wildman–Crippen LogP) is 2.12. The molecule has 0 saturated heterocycles. The molecule has 124 valence electrons. The van der Waals surface area contributed by atoms with Crippen molar-refractivity contribution in [2.45, 2.75) is 0 Å². The number of aromatic nitrogens is 3. The number of H-pyrrole nitrogens is 1. The van der Waals surface area contributed by atoms with Gasteiger partial charge in [0.1, 0.15) is 5.84 Å². The summed E-state index contributed by atoms with van der Waals surface area (Å²) >= 11 is 0. The van der Waals surface area contributed by atoms with Crippen LogP contribution in [0, 0.1) is 0 Å². The van der Waals surface area contributed by atoms with E-state index in [2.05, 4.69) is 20.3 Å². The van der Waals surface area contributed by atoms with Crippen LogP contribution in [0.4, 0.5) is 0 Å². The van der Waals surface area contributed by atoms with Crippen molar-refractivity contribution in [1.29, 1.82) is 0 Å². The van der Waals surface area contributed by atoms with Gasteiger partial charge < -0.3 is 14.9 Å². The number of hydrogen-bond donors (Lipinski definition) is 2. The standard InChI is InChI=1S/C19H17N5O/c25-19-17(15-6-2-1-3-7-16(15)23-19)18-21-9-4-5-14(8-10-22-18)24-12-11-20-13-24/h1-8,11-13H,9-10H2,(H,21,22)(H,23,25). The van der Waals surface area contributed by atoms with Gasteiger partial charge in [0, 0.05) is 35.9 Å². The maximum atomic E-state index is 12.5. The lowest BCUT2D eigenvalue weighted by atomic mass is 10.1. The number of fused-ring (bicyclic) bond motifs is 1. The first-order valence-corrected chi connectivity index (χ1v) is 8.08. The summed E-state index contributed by atoms with van der Waals surface area (Å²) in [7, 11) is 0. The number of nitrogens with zero attached hydrogens (tertiary/aromatic N) is 3. The Morgan fingerprint density at radius 1 is 1.16 bits per heavy atom. The summed E-state index contributed by atoms with van der Waals surface area (Å²) in [6.45, 7) is 1.04. The first-order valence-electron chi connectivity index (χ1n) is 8.08. The zero-order valence-corrected chi connectivity index (χ0v) is 13.5. The molecule has 1 aliphatic carbocycles. The second kappa shape index (κ2) is 6.60. The lowest BCUT2D eigenvalue weighted by Crippen LogP contribution is -2.29. The Labute approximate surface area is 144 Å². The van der Waals surface area contributed by atoms with Crippen LogP contribution >= 0.6 is 0 Å². The highest BCUT2D eigenvalue weighted by molar-refractivity contribution is 6.04. The molecule has 0 radical (unpaired) electrons. The molecule has 0 saturated carbocycles. The molecular formula is C19H17N5O. The zero-order valence-electron chi connectivity index (χ0n) is 13.5. The molecular weight excluding hydrogens is 314 g/mol. The Morgan fingerprint density at radius 2 is 2.08 bits per heavy atom. The fourth-order valence-corrected chi connectivity index (χ4v) is 2.88. The largest absolute Gasteiger partial charge is 0.366 e. The molecule has 1 aromatic rings. The minimum absolute atomic E-state index is 0.130. The van der Waals surface area contributed by atoms with E-state index in [1.807, 2.05) is 59.3 Å². The Hall–Kier alpha value is -3.41. The van der Waals surface area contributed by atoms with Crippen LogP contribution in [0.3, 0.4) is 0 Å². The summed E-state index contributed by atoms with van der Waals surface area (Å²) in [5, 5.41) is 3.28. The molecule has 0 fully saturated rings. The minimum Gasteiger partial charge on any atom is -0.366 e. The molecule has 0 spiro atoms. The van der Waals surface area contributed by atoms with Gasteiger partial charge in [-0.15, -0.1) is 0 Å². The van der Waals surface area contributed by atoms with Crippen LogP contribution in [-0.4, -0.2) is 33.5 Å². The van der Waals surface area contributed by atoms with Crippen molar-refractivity contribution in [3.8, 4) is 11.3 Å². The van der Waals surface area contributed by atoms with Crippen molar-refractivity contribution in [3.05, 3.63) is 83.2 Å². The van der Waals surface area contributed by atoms with Gasteiger partial charge >= 0.3 is 0 Å². The average molecular weight is 331 g/mol. The number of allylic oxidation sites excluding steroid dienone is 2. The van der Waals surface area contributed by atoms with E-state index in [-0.39, 0.29) is 5.56 Å². The van der Waals surface area contributed by atoms with Crippen LogP contribution in [0.1, 0.15) is 5.56 Å². The summed E-state index contributed by atoms with van der Waals surface area (Å²) in [6.07, 6.45) is 11.4. The van der Waals surface area contributed by atoms with Gasteiger partial charge in [-0.25, -0.2) is 4.98 Å². The molecule has 0 atom stereocenters. The van der Waals surface area contributed by atoms with Crippen LogP contribution in [0.2, 0.25) is 0 Å². The number of aromatic amines is 1. The normalized spacial score (nSPS) is 14.9. The van der Waals surface area contributed by atoms with Crippen molar-refractivity contribution >= 4 is 11.5 Å². The van der Waals surface area contributed by atoms with Crippen LogP contribution in [0.25, 0.3) is 17.0 Å². The van der Waals surface area contributed by atoms with Crippen LogP contribution < -0.4 is 10.9 Å². The third kappa shape index (κ3) is 3.01. The first kappa shape index (κ1) is 15.1. The van der Waals surface area contributed by atoms with E-state index in [1.165, 1.54) is 0 Å². The van der Waals surface area contributed by atoms with Gasteiger partial charge in [0.15, 0.2) is 0 Å². The van der Waals surface area contributed by atoms with E-state index in [0.717, 1.165) is 17.0 Å². The van der Waals surface area contributed by atoms with E-state index in [4.69, 9.17) is 0 Å². The molecule has 3 heterocycles. The third-order valence-corrected chi connectivity index (χ3v) is 4.05. The van der Waals surface area contributed by atoms with E-state index < -0.39 is 0 Å². The maximum Gasteiger partial charge on any atom is 0.260 e. The van der Waals surface area contributed by atoms with E-state index in [9.17, 15) is 4.79 Å². The number of amidine groups is 1. The Kier molecular flexibility index (Phi) is 4.00. The molecule has 0 aromatic carbocycles. The van der Waals surface area contributed by atoms with E-state index in [0.29, 0.717) is 24.5 Å². The monoisotopic (exact) mass is 331 g/mol. The highest BCUT2D eigenvalue weighted by atomic mass is 16.1. The number of aliphatic imine (C=N–C) groups is 1. The highest BCUT2D eigenvalue weighted by Gasteiger charge is 2.18. The molecule has 3 aliphatic rings. The van der Waals surface area contributed by atoms with E-state index >= 15 is 0 Å². The van der Waals surface area contributed by atoms with Crippen LogP contribution in [0.5, 0.6) is 0 Å². The van der Waals surface area contributed by atoms with Crippen molar-refractivity contribution in [2.75, 3.05) is 13.1 Å². The number of rotatable bonds is 2. The highest BCUT2D eigenvalue weighted by Crippen LogP contribution is 2.21. The van der Waals surface area contributed by atoms with Gasteiger partial charge in [-0.05, 0) is 18.2 Å². The smallest absolute Gasteiger partial charge is 0.260 e. The zero-order chi connectivity index (χ0) is 17.1. The summed E-state index contributed by atoms with van der Waals surface area (Å²) in [5.74, 6) is 0.607. The molecule has 0 bridgehead atoms. The fraction of sp³-hybridized carbons (Fsp3) is 0.105. The maximum absolute atomic E-state index is 12.5. The van der Waals surface area contributed by atoms with Gasteiger partial charge in [-0.2, -0.15) is 0 Å². The molecule has 2 aliphatic heterocycles. The number of hydrogen-bond acceptors (Lipinski definition) is 4. The number of imidazole rings is 1. The molecule has 0 amide bonds. The van der Waals surface area contributed by atoms with Gasteiger partial charge in [-0.3, -0.25) is 9.79 Å². The van der Waals surface area contributed by atoms with E-state index in [1.54, 1.807) is 12.5 Å². The van der Waals surface area contributed by atoms with Crippen LogP contribution in [0.15, 0.2) is 77.1 Å². The lowest BCUT2D eigenvalue weighted by molar-refractivity contribution is 1.01. The minimum atomic E-state index is -0.130. The summed E-state index contributed by atoms with van der Waals surface area (Å²) in [6, 6.07) is 9.59. The van der Waals surface area contributed by atoms with Crippen molar-refractivity contribution in [3.63, 3.8) is 0 Å². The van der Waals surface area contributed by atoms with Gasteiger partial charge in [0.05, 0.1) is 18.4 Å². The molecule has 4 rings (SSSR count). The molecule has 6 heteroatoms. The predicted molar refractivity (Wildman–Crippen MR) is 98.7 cm³/mol. The molecule has 1 aromatic heterocycles. The Balaban J connectivity index is 1.69. The van der Waals surface area contributed by atoms with Crippen molar-refractivity contribution in [1.82, 2.24) is 19.9 Å². The third-order valence-electron chi connectivity index (χ3n) is 4.05. The molecule has 6 nitrogen and oxygen atoms in total. The summed E-state index contributed by atoms with van der Waals surface area (Å²) in [4.78, 5) is 24.0. The van der Waals surface area contributed by atoms with Crippen molar-refractivity contribution in [2.24, 2.45) is 4.99 Å². The van der Waals surface area contributed by atoms with Crippen LogP contribution in [-0.2, 0) is 0 Å². The van der Waals surface area contributed by atoms with Gasteiger partial charge in [-0.1, -0.05) is 30.3 Å². The molecule has 0 unspecified atom stereocenters. The second-order valence-electron chi connectivity index (χ2n) is 5.64. The second-order valence-corrected chi connectivity index (χ2v) is 5.64.